The summed E-state index contributed by atoms with van der Waals surface area (Å²) in [5.41, 5.74) is 0.543. The summed E-state index contributed by atoms with van der Waals surface area (Å²) in [4.78, 5) is 11.7. The lowest BCUT2D eigenvalue weighted by molar-refractivity contribution is 0.0636. The Bertz CT molecular complexity index is 491. The second kappa shape index (κ2) is 6.43. The van der Waals surface area contributed by atoms with Crippen molar-refractivity contribution in [3.8, 4) is 5.75 Å². The van der Waals surface area contributed by atoms with Crippen LogP contribution in [0.25, 0.3) is 0 Å². The summed E-state index contributed by atoms with van der Waals surface area (Å²) in [5.74, 6) is 0.464. The first-order valence-corrected chi connectivity index (χ1v) is 6.25. The van der Waals surface area contributed by atoms with Crippen LogP contribution in [0, 0.1) is 0 Å². The molecule has 1 atom stereocenters. The van der Waals surface area contributed by atoms with Gasteiger partial charge in [0.2, 0.25) is 0 Å². The van der Waals surface area contributed by atoms with E-state index in [1.54, 1.807) is 39.0 Å². The molecule has 0 fully saturated rings. The maximum absolute atomic E-state index is 11.7. The summed E-state index contributed by atoms with van der Waals surface area (Å²) in [6.07, 6.45) is 0.0378. The Balaban J connectivity index is 2.88. The Morgan fingerprint density at radius 3 is 2.60 bits per heavy atom. The molecule has 5 heteroatoms. The Morgan fingerprint density at radius 2 is 2.10 bits per heavy atom. The van der Waals surface area contributed by atoms with Crippen molar-refractivity contribution in [1.29, 1.82) is 0 Å². The molecule has 5 nitrogen and oxygen atoms in total. The monoisotopic (exact) mass is 279 g/mol. The first-order chi connectivity index (χ1) is 9.26. The maximum atomic E-state index is 11.7. The number of carbonyl (C=O) groups is 1. The van der Waals surface area contributed by atoms with Gasteiger partial charge in [0, 0.05) is 17.3 Å². The quantitative estimate of drug-likeness (QED) is 0.830. The molecule has 1 aromatic carbocycles. The largest absolute Gasteiger partial charge is 0.496 e. The van der Waals surface area contributed by atoms with E-state index in [1.165, 1.54) is 13.2 Å². The SMILES string of the molecule is C=CC(O)c1ccc(NC(=O)OC(C)(C)C)cc1OC. The maximum Gasteiger partial charge on any atom is 0.412 e. The van der Waals surface area contributed by atoms with E-state index in [-0.39, 0.29) is 0 Å². The Morgan fingerprint density at radius 1 is 1.45 bits per heavy atom. The van der Waals surface area contributed by atoms with Gasteiger partial charge in [-0.1, -0.05) is 12.1 Å². The van der Waals surface area contributed by atoms with Gasteiger partial charge in [0.15, 0.2) is 0 Å². The third-order valence-corrected chi connectivity index (χ3v) is 2.42. The minimum absolute atomic E-state index is 0.464. The molecule has 0 aliphatic rings. The number of rotatable bonds is 4. The van der Waals surface area contributed by atoms with Gasteiger partial charge >= 0.3 is 6.09 Å². The molecular weight excluding hydrogens is 258 g/mol. The number of ether oxygens (including phenoxy) is 2. The Hall–Kier alpha value is -2.01. The van der Waals surface area contributed by atoms with E-state index in [0.29, 0.717) is 17.0 Å². The van der Waals surface area contributed by atoms with Crippen molar-refractivity contribution < 1.29 is 19.4 Å². The molecule has 0 heterocycles. The molecule has 1 rings (SSSR count). The van der Waals surface area contributed by atoms with E-state index in [0.717, 1.165) is 0 Å². The van der Waals surface area contributed by atoms with Crippen molar-refractivity contribution in [2.24, 2.45) is 0 Å². The highest BCUT2D eigenvalue weighted by molar-refractivity contribution is 5.85. The molecule has 1 aromatic rings. The number of aliphatic hydroxyl groups is 1. The average Bonchev–Trinajstić information content (AvgIpc) is 2.35. The highest BCUT2D eigenvalue weighted by Gasteiger charge is 2.17. The molecule has 0 saturated heterocycles. The van der Waals surface area contributed by atoms with Crippen LogP contribution in [0.3, 0.4) is 0 Å². The summed E-state index contributed by atoms with van der Waals surface area (Å²) < 4.78 is 10.3. The van der Waals surface area contributed by atoms with E-state index < -0.39 is 17.8 Å². The highest BCUT2D eigenvalue weighted by atomic mass is 16.6. The van der Waals surface area contributed by atoms with Gasteiger partial charge in [-0.2, -0.15) is 0 Å². The van der Waals surface area contributed by atoms with E-state index in [2.05, 4.69) is 11.9 Å². The van der Waals surface area contributed by atoms with Gasteiger partial charge in [0.25, 0.3) is 0 Å². The molecule has 0 aromatic heterocycles. The average molecular weight is 279 g/mol. The summed E-state index contributed by atoms with van der Waals surface area (Å²) in [6.45, 7) is 8.89. The molecule has 0 bridgehead atoms. The van der Waals surface area contributed by atoms with Gasteiger partial charge in [-0.05, 0) is 26.8 Å². The molecule has 110 valence electrons. The fraction of sp³-hybridized carbons (Fsp3) is 0.400. The van der Waals surface area contributed by atoms with Crippen molar-refractivity contribution in [2.45, 2.75) is 32.5 Å². The number of carbonyl (C=O) groups excluding carboxylic acids is 1. The van der Waals surface area contributed by atoms with E-state index >= 15 is 0 Å². The number of methoxy groups -OCH3 is 1. The minimum atomic E-state index is -0.819. The molecule has 20 heavy (non-hydrogen) atoms. The van der Waals surface area contributed by atoms with Crippen molar-refractivity contribution in [2.75, 3.05) is 12.4 Å². The van der Waals surface area contributed by atoms with Crippen LogP contribution < -0.4 is 10.1 Å². The second-order valence-corrected chi connectivity index (χ2v) is 5.26. The topological polar surface area (TPSA) is 67.8 Å². The number of benzene rings is 1. The molecular formula is C15H21NO4. The molecule has 0 spiro atoms. The fourth-order valence-corrected chi connectivity index (χ4v) is 1.58. The molecule has 0 radical (unpaired) electrons. The molecule has 1 unspecified atom stereocenters. The lowest BCUT2D eigenvalue weighted by Crippen LogP contribution is -2.27. The minimum Gasteiger partial charge on any atom is -0.496 e. The molecule has 0 aliphatic carbocycles. The van der Waals surface area contributed by atoms with E-state index in [1.807, 2.05) is 0 Å². The zero-order chi connectivity index (χ0) is 15.3. The first kappa shape index (κ1) is 16.0. The number of hydrogen-bond donors (Lipinski definition) is 2. The summed E-state index contributed by atoms with van der Waals surface area (Å²) >= 11 is 0. The van der Waals surface area contributed by atoms with Gasteiger partial charge in [-0.15, -0.1) is 6.58 Å². The third kappa shape index (κ3) is 4.59. The lowest BCUT2D eigenvalue weighted by Gasteiger charge is -2.20. The van der Waals surface area contributed by atoms with Gasteiger partial charge in [-0.25, -0.2) is 4.79 Å². The van der Waals surface area contributed by atoms with Gasteiger partial charge < -0.3 is 14.6 Å². The zero-order valence-corrected chi connectivity index (χ0v) is 12.3. The van der Waals surface area contributed by atoms with E-state index in [4.69, 9.17) is 9.47 Å². The molecule has 0 aliphatic heterocycles. The standard InChI is InChI=1S/C15H21NO4/c1-6-12(17)11-8-7-10(9-13(11)19-5)16-14(18)20-15(2,3)4/h6-9,12,17H,1H2,2-5H3,(H,16,18). The number of nitrogens with one attached hydrogen (secondary N) is 1. The van der Waals surface area contributed by atoms with Crippen LogP contribution in [0.2, 0.25) is 0 Å². The van der Waals surface area contributed by atoms with Crippen LogP contribution in [0.1, 0.15) is 32.4 Å². The highest BCUT2D eigenvalue weighted by Crippen LogP contribution is 2.29. The number of aliphatic hydroxyl groups excluding tert-OH is 1. The summed E-state index contributed by atoms with van der Waals surface area (Å²) in [5, 5.41) is 12.4. The van der Waals surface area contributed by atoms with Crippen molar-refractivity contribution in [1.82, 2.24) is 0 Å². The van der Waals surface area contributed by atoms with Gasteiger partial charge in [0.05, 0.1) is 7.11 Å². The lowest BCUT2D eigenvalue weighted by atomic mass is 10.1. The molecule has 0 saturated carbocycles. The van der Waals surface area contributed by atoms with Crippen LogP contribution in [-0.4, -0.2) is 23.9 Å². The smallest absolute Gasteiger partial charge is 0.412 e. The number of amides is 1. The Labute approximate surface area is 119 Å². The van der Waals surface area contributed by atoms with Crippen molar-refractivity contribution in [3.63, 3.8) is 0 Å². The van der Waals surface area contributed by atoms with Gasteiger partial charge in [-0.3, -0.25) is 5.32 Å². The van der Waals surface area contributed by atoms with Crippen LogP contribution in [-0.2, 0) is 4.74 Å². The third-order valence-electron chi connectivity index (χ3n) is 2.42. The summed E-state index contributed by atoms with van der Waals surface area (Å²) in [6, 6.07) is 4.94. The van der Waals surface area contributed by atoms with Crippen LogP contribution in [0.4, 0.5) is 10.5 Å². The Kier molecular flexibility index (Phi) is 5.16. The van der Waals surface area contributed by atoms with Crippen LogP contribution in [0.15, 0.2) is 30.9 Å². The van der Waals surface area contributed by atoms with Gasteiger partial charge in [0.1, 0.15) is 17.5 Å². The second-order valence-electron chi connectivity index (χ2n) is 5.26. The van der Waals surface area contributed by atoms with E-state index in [9.17, 15) is 9.90 Å². The fourth-order valence-electron chi connectivity index (χ4n) is 1.58. The number of anilines is 1. The molecule has 2 N–H and O–H groups in total. The van der Waals surface area contributed by atoms with Crippen LogP contribution in [0.5, 0.6) is 5.75 Å². The normalized spacial score (nSPS) is 12.4. The van der Waals surface area contributed by atoms with Crippen molar-refractivity contribution in [3.05, 3.63) is 36.4 Å². The summed E-state index contributed by atoms with van der Waals surface area (Å²) in [7, 11) is 1.49. The zero-order valence-electron chi connectivity index (χ0n) is 12.3. The number of hydrogen-bond acceptors (Lipinski definition) is 4. The first-order valence-electron chi connectivity index (χ1n) is 6.25. The molecule has 1 amide bonds. The predicted octanol–water partition coefficient (Wildman–Crippen LogP) is 3.26. The van der Waals surface area contributed by atoms with Crippen molar-refractivity contribution >= 4 is 11.8 Å². The predicted molar refractivity (Wildman–Crippen MR) is 78.0 cm³/mol. The van der Waals surface area contributed by atoms with Crippen LogP contribution >= 0.6 is 0 Å².